The van der Waals surface area contributed by atoms with Crippen LogP contribution < -0.4 is 5.43 Å². The summed E-state index contributed by atoms with van der Waals surface area (Å²) in [7, 11) is 0. The van der Waals surface area contributed by atoms with Crippen LogP contribution in [0.15, 0.2) is 53.6 Å². The van der Waals surface area contributed by atoms with Crippen molar-refractivity contribution in [1.29, 1.82) is 0 Å². The molecule has 0 fully saturated rings. The molecule has 2 aromatic carbocycles. The van der Waals surface area contributed by atoms with Gasteiger partial charge in [0.2, 0.25) is 0 Å². The zero-order chi connectivity index (χ0) is 15.5. The molecule has 0 unspecified atom stereocenters. The van der Waals surface area contributed by atoms with Crippen molar-refractivity contribution in [2.45, 2.75) is 13.8 Å². The highest BCUT2D eigenvalue weighted by Crippen LogP contribution is 2.19. The first-order valence-corrected chi connectivity index (χ1v) is 7.00. The number of nitrogens with one attached hydrogen (secondary N) is 2. The predicted octanol–water partition coefficient (Wildman–Crippen LogP) is 3.03. The maximum Gasteiger partial charge on any atom is 0.291 e. The number of rotatable bonds is 3. The summed E-state index contributed by atoms with van der Waals surface area (Å²) in [5, 5.41) is 13.1. The quantitative estimate of drug-likeness (QED) is 0.575. The van der Waals surface area contributed by atoms with Gasteiger partial charge in [0.1, 0.15) is 0 Å². The number of H-pyrrole nitrogens is 1. The maximum atomic E-state index is 12.0. The Morgan fingerprint density at radius 2 is 1.95 bits per heavy atom. The summed E-state index contributed by atoms with van der Waals surface area (Å²) in [6.45, 7) is 3.71. The molecule has 3 rings (SSSR count). The zero-order valence-electron chi connectivity index (χ0n) is 12.4. The smallest absolute Gasteiger partial charge is 0.282 e. The van der Waals surface area contributed by atoms with Gasteiger partial charge >= 0.3 is 0 Å². The fourth-order valence-electron chi connectivity index (χ4n) is 2.33. The van der Waals surface area contributed by atoms with Crippen LogP contribution >= 0.6 is 0 Å². The average molecular weight is 292 g/mol. The van der Waals surface area contributed by atoms with Gasteiger partial charge in [-0.3, -0.25) is 9.89 Å². The first-order valence-electron chi connectivity index (χ1n) is 7.00. The summed E-state index contributed by atoms with van der Waals surface area (Å²) in [5.41, 5.74) is 5.45. The van der Waals surface area contributed by atoms with Gasteiger partial charge in [-0.15, -0.1) is 0 Å². The molecule has 22 heavy (non-hydrogen) atoms. The fourth-order valence-corrected chi connectivity index (χ4v) is 2.33. The number of amides is 1. The third-order valence-corrected chi connectivity index (χ3v) is 3.44. The molecule has 0 atom stereocenters. The van der Waals surface area contributed by atoms with E-state index in [2.05, 4.69) is 32.9 Å². The van der Waals surface area contributed by atoms with E-state index < -0.39 is 0 Å². The molecular weight excluding hydrogens is 276 g/mol. The van der Waals surface area contributed by atoms with E-state index in [4.69, 9.17) is 0 Å². The Kier molecular flexibility index (Phi) is 3.70. The van der Waals surface area contributed by atoms with Crippen LogP contribution in [0.25, 0.3) is 10.8 Å². The first kappa shape index (κ1) is 14.0. The number of hydrogen-bond donors (Lipinski definition) is 2. The van der Waals surface area contributed by atoms with Crippen molar-refractivity contribution >= 4 is 22.4 Å². The predicted molar refractivity (Wildman–Crippen MR) is 86.9 cm³/mol. The Bertz CT molecular complexity index is 858. The minimum absolute atomic E-state index is 0.326. The lowest BCUT2D eigenvalue weighted by molar-refractivity contribution is 0.0950. The number of carbonyl (C=O) groups excluding carboxylic acids is 1. The summed E-state index contributed by atoms with van der Waals surface area (Å²) in [4.78, 5) is 12.0. The van der Waals surface area contributed by atoms with Gasteiger partial charge in [0.15, 0.2) is 5.69 Å². The molecule has 2 N–H and O–H groups in total. The van der Waals surface area contributed by atoms with Crippen molar-refractivity contribution in [2.75, 3.05) is 0 Å². The maximum absolute atomic E-state index is 12.0. The second kappa shape index (κ2) is 5.81. The number of hydrogen-bond acceptors (Lipinski definition) is 3. The molecule has 5 heteroatoms. The monoisotopic (exact) mass is 292 g/mol. The molecule has 0 aliphatic carbocycles. The van der Waals surface area contributed by atoms with Crippen molar-refractivity contribution in [3.63, 3.8) is 0 Å². The van der Waals surface area contributed by atoms with E-state index in [1.165, 1.54) is 0 Å². The lowest BCUT2D eigenvalue weighted by atomic mass is 10.0. The lowest BCUT2D eigenvalue weighted by Gasteiger charge is -2.06. The van der Waals surface area contributed by atoms with Crippen LogP contribution in [0.4, 0.5) is 0 Å². The minimum atomic E-state index is -0.330. The highest BCUT2D eigenvalue weighted by molar-refractivity contribution is 6.10. The van der Waals surface area contributed by atoms with Crippen molar-refractivity contribution in [3.05, 3.63) is 65.5 Å². The number of aryl methyl sites for hydroxylation is 1. The van der Waals surface area contributed by atoms with Gasteiger partial charge in [-0.2, -0.15) is 10.2 Å². The molecule has 110 valence electrons. The van der Waals surface area contributed by atoms with Gasteiger partial charge < -0.3 is 0 Å². The van der Waals surface area contributed by atoms with Gasteiger partial charge in [0.05, 0.1) is 5.71 Å². The summed E-state index contributed by atoms with van der Waals surface area (Å²) < 4.78 is 0. The molecule has 0 aliphatic rings. The summed E-state index contributed by atoms with van der Waals surface area (Å²) in [6, 6.07) is 15.8. The molecule has 0 saturated carbocycles. The molecule has 0 saturated heterocycles. The molecule has 0 bridgehead atoms. The van der Waals surface area contributed by atoms with E-state index in [9.17, 15) is 4.79 Å². The highest BCUT2D eigenvalue weighted by atomic mass is 16.2. The van der Waals surface area contributed by atoms with Crippen LogP contribution in [0.1, 0.15) is 28.7 Å². The Hall–Kier alpha value is -2.95. The van der Waals surface area contributed by atoms with Gasteiger partial charge in [-0.1, -0.05) is 42.5 Å². The van der Waals surface area contributed by atoms with Crippen LogP contribution in [0.2, 0.25) is 0 Å². The van der Waals surface area contributed by atoms with Crippen molar-refractivity contribution in [3.8, 4) is 0 Å². The standard InChI is InChI=1S/C17H16N4O/c1-11-10-16(20-18-11)17(22)21-19-12(2)14-9-5-7-13-6-3-4-8-15(13)14/h3-10H,1-2H3,(H,18,20)(H,21,22). The van der Waals surface area contributed by atoms with E-state index in [1.807, 2.05) is 44.2 Å². The van der Waals surface area contributed by atoms with E-state index in [-0.39, 0.29) is 5.91 Å². The van der Waals surface area contributed by atoms with Crippen molar-refractivity contribution in [1.82, 2.24) is 15.6 Å². The first-order chi connectivity index (χ1) is 10.6. The molecule has 1 aromatic heterocycles. The third-order valence-electron chi connectivity index (χ3n) is 3.44. The Labute approximate surface area is 128 Å². The van der Waals surface area contributed by atoms with E-state index in [0.717, 1.165) is 27.7 Å². The van der Waals surface area contributed by atoms with Gasteiger partial charge in [-0.05, 0) is 30.7 Å². The largest absolute Gasteiger partial charge is 0.291 e. The summed E-state index contributed by atoms with van der Waals surface area (Å²) >= 11 is 0. The summed E-state index contributed by atoms with van der Waals surface area (Å²) in [6.07, 6.45) is 0. The lowest BCUT2D eigenvalue weighted by Crippen LogP contribution is -2.19. The number of aromatic nitrogens is 2. The Balaban J connectivity index is 1.86. The van der Waals surface area contributed by atoms with Crippen LogP contribution in [-0.2, 0) is 0 Å². The molecular formula is C17H16N4O. The third kappa shape index (κ3) is 2.74. The van der Waals surface area contributed by atoms with Gasteiger partial charge in [0, 0.05) is 11.3 Å². The van der Waals surface area contributed by atoms with Crippen LogP contribution in [-0.4, -0.2) is 21.8 Å². The summed E-state index contributed by atoms with van der Waals surface area (Å²) in [5.74, 6) is -0.330. The number of carbonyl (C=O) groups is 1. The second-order valence-electron chi connectivity index (χ2n) is 5.10. The van der Waals surface area contributed by atoms with Crippen LogP contribution in [0.3, 0.4) is 0 Å². The van der Waals surface area contributed by atoms with Gasteiger partial charge in [0.25, 0.3) is 5.91 Å². The Morgan fingerprint density at radius 3 is 2.73 bits per heavy atom. The van der Waals surface area contributed by atoms with Crippen LogP contribution in [0, 0.1) is 6.92 Å². The fraction of sp³-hybridized carbons (Fsp3) is 0.118. The molecule has 0 radical (unpaired) electrons. The highest BCUT2D eigenvalue weighted by Gasteiger charge is 2.09. The molecule has 3 aromatic rings. The normalized spacial score (nSPS) is 11.6. The molecule has 1 heterocycles. The van der Waals surface area contributed by atoms with E-state index >= 15 is 0 Å². The zero-order valence-corrected chi connectivity index (χ0v) is 12.4. The average Bonchev–Trinajstić information content (AvgIpc) is 2.98. The number of fused-ring (bicyclic) bond motifs is 1. The number of aromatic amines is 1. The molecule has 1 amide bonds. The molecule has 0 aliphatic heterocycles. The number of hydrazone groups is 1. The Morgan fingerprint density at radius 1 is 1.18 bits per heavy atom. The number of nitrogens with zero attached hydrogens (tertiary/aromatic N) is 2. The minimum Gasteiger partial charge on any atom is -0.282 e. The van der Waals surface area contributed by atoms with Crippen molar-refractivity contribution < 1.29 is 4.79 Å². The SMILES string of the molecule is CC(=NNC(=O)c1cc(C)[nH]n1)c1cccc2ccccc12. The molecule has 0 spiro atoms. The second-order valence-corrected chi connectivity index (χ2v) is 5.10. The van der Waals surface area contributed by atoms with E-state index in [0.29, 0.717) is 5.69 Å². The number of benzene rings is 2. The van der Waals surface area contributed by atoms with Gasteiger partial charge in [-0.25, -0.2) is 5.43 Å². The molecule has 5 nitrogen and oxygen atoms in total. The topological polar surface area (TPSA) is 70.1 Å². The van der Waals surface area contributed by atoms with Crippen LogP contribution in [0.5, 0.6) is 0 Å². The van der Waals surface area contributed by atoms with Crippen molar-refractivity contribution in [2.24, 2.45) is 5.10 Å². The van der Waals surface area contributed by atoms with E-state index in [1.54, 1.807) is 6.07 Å².